The second kappa shape index (κ2) is 6.78. The summed E-state index contributed by atoms with van der Waals surface area (Å²) >= 11 is 0. The van der Waals surface area contributed by atoms with Crippen LogP contribution in [0.3, 0.4) is 0 Å². The molecule has 0 aliphatic heterocycles. The van der Waals surface area contributed by atoms with E-state index in [-0.39, 0.29) is 5.30 Å². The molecule has 0 spiro atoms. The van der Waals surface area contributed by atoms with E-state index in [0.29, 0.717) is 0 Å². The molecule has 116 valence electrons. The minimum absolute atomic E-state index is 0.0531. The van der Waals surface area contributed by atoms with E-state index in [2.05, 4.69) is 24.3 Å². The molecule has 0 aliphatic carbocycles. The fourth-order valence-corrected chi connectivity index (χ4v) is 5.22. The van der Waals surface area contributed by atoms with E-state index >= 15 is 0 Å². The van der Waals surface area contributed by atoms with Crippen LogP contribution in [0, 0.1) is 0 Å². The summed E-state index contributed by atoms with van der Waals surface area (Å²) in [5, 5.41) is 3.53. The zero-order chi connectivity index (χ0) is 16.3. The van der Waals surface area contributed by atoms with Gasteiger partial charge in [-0.1, -0.05) is 72.8 Å². The van der Waals surface area contributed by atoms with Crippen LogP contribution in [0.1, 0.15) is 0 Å². The fourth-order valence-electron chi connectivity index (χ4n) is 2.40. The molecular formula is C18H16O3P2. The summed E-state index contributed by atoms with van der Waals surface area (Å²) in [5.74, 6) is 0. The molecule has 23 heavy (non-hydrogen) atoms. The Morgan fingerprint density at radius 3 is 1.39 bits per heavy atom. The first-order valence-electron chi connectivity index (χ1n) is 7.12. The Morgan fingerprint density at radius 2 is 1.00 bits per heavy atom. The molecule has 0 heterocycles. The summed E-state index contributed by atoms with van der Waals surface area (Å²) in [4.78, 5) is 18.5. The predicted molar refractivity (Wildman–Crippen MR) is 96.8 cm³/mol. The van der Waals surface area contributed by atoms with E-state index in [4.69, 9.17) is 0 Å². The second-order valence-corrected chi connectivity index (χ2v) is 8.89. The minimum Gasteiger partial charge on any atom is -0.321 e. The molecule has 0 bridgehead atoms. The van der Waals surface area contributed by atoms with Crippen molar-refractivity contribution in [3.8, 4) is 0 Å². The molecule has 0 radical (unpaired) electrons. The molecule has 3 nitrogen and oxygen atoms in total. The first kappa shape index (κ1) is 16.1. The quantitative estimate of drug-likeness (QED) is 0.715. The van der Waals surface area contributed by atoms with Gasteiger partial charge in [0.2, 0.25) is 0 Å². The molecule has 0 aliphatic rings. The van der Waals surface area contributed by atoms with Crippen LogP contribution in [0.4, 0.5) is 0 Å². The third-order valence-electron chi connectivity index (χ3n) is 3.47. The maximum atomic E-state index is 11.4. The van der Waals surface area contributed by atoms with Crippen LogP contribution in [0.25, 0.3) is 0 Å². The van der Waals surface area contributed by atoms with E-state index in [1.165, 1.54) is 22.7 Å². The lowest BCUT2D eigenvalue weighted by Gasteiger charge is -2.19. The zero-order valence-electron chi connectivity index (χ0n) is 12.3. The molecule has 0 atom stereocenters. The van der Waals surface area contributed by atoms with E-state index in [1.54, 1.807) is 0 Å². The van der Waals surface area contributed by atoms with Crippen LogP contribution in [-0.2, 0) is 4.57 Å². The van der Waals surface area contributed by atoms with Crippen molar-refractivity contribution < 1.29 is 14.4 Å². The second-order valence-electron chi connectivity index (χ2n) is 5.07. The Morgan fingerprint density at radius 1 is 0.609 bits per heavy atom. The molecule has 2 N–H and O–H groups in total. The van der Waals surface area contributed by atoms with Gasteiger partial charge in [0, 0.05) is 0 Å². The molecule has 0 aromatic heterocycles. The third kappa shape index (κ3) is 3.77. The predicted octanol–water partition coefficient (Wildman–Crippen LogP) is 2.25. The number of hydrogen-bond acceptors (Lipinski definition) is 1. The van der Waals surface area contributed by atoms with Gasteiger partial charge >= 0.3 is 7.60 Å². The summed E-state index contributed by atoms with van der Waals surface area (Å²) in [6.07, 6.45) is 0. The lowest BCUT2D eigenvalue weighted by atomic mass is 10.3. The van der Waals surface area contributed by atoms with Crippen LogP contribution < -0.4 is 21.2 Å². The van der Waals surface area contributed by atoms with Crippen molar-refractivity contribution in [2.24, 2.45) is 0 Å². The van der Waals surface area contributed by atoms with Gasteiger partial charge in [0.1, 0.15) is 0 Å². The van der Waals surface area contributed by atoms with Gasteiger partial charge in [0.25, 0.3) is 0 Å². The molecule has 0 unspecified atom stereocenters. The van der Waals surface area contributed by atoms with Gasteiger partial charge in [-0.05, 0) is 36.0 Å². The highest BCUT2D eigenvalue weighted by Crippen LogP contribution is 2.35. The van der Waals surface area contributed by atoms with Gasteiger partial charge in [-0.3, -0.25) is 4.57 Å². The maximum absolute atomic E-state index is 11.4. The fraction of sp³-hybridized carbons (Fsp3) is 0. The van der Waals surface area contributed by atoms with E-state index < -0.39 is 15.5 Å². The Hall–Kier alpha value is -1.76. The molecule has 0 saturated heterocycles. The number of benzene rings is 3. The first-order chi connectivity index (χ1) is 11.1. The topological polar surface area (TPSA) is 57.5 Å². The summed E-state index contributed by atoms with van der Waals surface area (Å²) < 4.78 is 11.4. The minimum atomic E-state index is -4.20. The van der Waals surface area contributed by atoms with Crippen LogP contribution in [0.15, 0.2) is 84.9 Å². The van der Waals surface area contributed by atoms with E-state index in [1.807, 2.05) is 48.5 Å². The Labute approximate surface area is 136 Å². The maximum Gasteiger partial charge on any atom is 0.356 e. The van der Waals surface area contributed by atoms with Gasteiger partial charge in [-0.15, -0.1) is 0 Å². The van der Waals surface area contributed by atoms with Crippen LogP contribution in [0.2, 0.25) is 0 Å². The summed E-state index contributed by atoms with van der Waals surface area (Å²) in [7, 11) is -4.95. The molecule has 0 fully saturated rings. The highest BCUT2D eigenvalue weighted by molar-refractivity contribution is 7.79. The van der Waals surface area contributed by atoms with Gasteiger partial charge < -0.3 is 9.79 Å². The van der Waals surface area contributed by atoms with Crippen molar-refractivity contribution >= 4 is 36.7 Å². The largest absolute Gasteiger partial charge is 0.356 e. The molecule has 3 aromatic rings. The smallest absolute Gasteiger partial charge is 0.321 e. The van der Waals surface area contributed by atoms with Crippen molar-refractivity contribution in [1.82, 2.24) is 0 Å². The standard InChI is InChI=1S/C18H16O3P2/c19-23(20,21)18-13-11-17(12-14-18)22(15-7-3-1-4-8-15)16-9-5-2-6-10-16/h1-14H,(H2,19,20,21). The van der Waals surface area contributed by atoms with Crippen molar-refractivity contribution in [2.75, 3.05) is 0 Å². The first-order valence-corrected chi connectivity index (χ1v) is 10.1. The highest BCUT2D eigenvalue weighted by Gasteiger charge is 2.19. The van der Waals surface area contributed by atoms with Crippen molar-refractivity contribution in [3.05, 3.63) is 84.9 Å². The summed E-state index contributed by atoms with van der Waals surface area (Å²) in [6.45, 7) is 0. The Kier molecular flexibility index (Phi) is 4.75. The average molecular weight is 342 g/mol. The highest BCUT2D eigenvalue weighted by atomic mass is 31.2. The normalized spacial score (nSPS) is 11.6. The molecule has 3 aromatic carbocycles. The summed E-state index contributed by atoms with van der Waals surface area (Å²) in [6, 6.07) is 27.1. The number of hydrogen-bond donors (Lipinski definition) is 2. The third-order valence-corrected chi connectivity index (χ3v) is 6.89. The lowest BCUT2D eigenvalue weighted by Crippen LogP contribution is -2.21. The van der Waals surface area contributed by atoms with Gasteiger partial charge in [0.05, 0.1) is 5.30 Å². The van der Waals surface area contributed by atoms with E-state index in [9.17, 15) is 14.4 Å². The molecular weight excluding hydrogens is 326 g/mol. The van der Waals surface area contributed by atoms with E-state index in [0.717, 1.165) is 5.30 Å². The molecule has 3 rings (SSSR count). The monoisotopic (exact) mass is 342 g/mol. The van der Waals surface area contributed by atoms with Crippen LogP contribution in [-0.4, -0.2) is 9.79 Å². The van der Waals surface area contributed by atoms with Crippen LogP contribution in [0.5, 0.6) is 0 Å². The van der Waals surface area contributed by atoms with Gasteiger partial charge in [-0.2, -0.15) is 0 Å². The SMILES string of the molecule is O=P(O)(O)c1ccc(P(c2ccccc2)c2ccccc2)cc1. The number of rotatable bonds is 4. The molecule has 0 saturated carbocycles. The zero-order valence-corrected chi connectivity index (χ0v) is 14.1. The Balaban J connectivity index is 2.08. The van der Waals surface area contributed by atoms with Crippen molar-refractivity contribution in [3.63, 3.8) is 0 Å². The van der Waals surface area contributed by atoms with Gasteiger partial charge in [-0.25, -0.2) is 0 Å². The summed E-state index contributed by atoms with van der Waals surface area (Å²) in [5.41, 5.74) is 0. The van der Waals surface area contributed by atoms with Gasteiger partial charge in [0.15, 0.2) is 0 Å². The molecule has 0 amide bonds. The molecule has 5 heteroatoms. The lowest BCUT2D eigenvalue weighted by molar-refractivity contribution is 0.387. The van der Waals surface area contributed by atoms with Crippen molar-refractivity contribution in [2.45, 2.75) is 0 Å². The van der Waals surface area contributed by atoms with Crippen LogP contribution >= 0.6 is 15.5 Å². The Bertz CT molecular complexity index is 772. The average Bonchev–Trinajstić information content (AvgIpc) is 2.57. The van der Waals surface area contributed by atoms with Crippen molar-refractivity contribution in [1.29, 1.82) is 0 Å².